The van der Waals surface area contributed by atoms with E-state index in [0.717, 1.165) is 0 Å². The summed E-state index contributed by atoms with van der Waals surface area (Å²) in [6.45, 7) is 11.7. The third-order valence-corrected chi connectivity index (χ3v) is 4.10. The quantitative estimate of drug-likeness (QED) is 0.632. The van der Waals surface area contributed by atoms with E-state index in [1.165, 1.54) is 11.8 Å². The average molecular weight is 317 g/mol. The minimum Gasteiger partial charge on any atom is -0.338 e. The minimum absolute atomic E-state index is 0.0931. The summed E-state index contributed by atoms with van der Waals surface area (Å²) in [4.78, 5) is 13.0. The van der Waals surface area contributed by atoms with E-state index in [0.29, 0.717) is 33.8 Å². The Morgan fingerprint density at radius 1 is 1.18 bits per heavy atom. The highest BCUT2D eigenvalue weighted by Gasteiger charge is 2.24. The van der Waals surface area contributed by atoms with Gasteiger partial charge in [0.25, 0.3) is 0 Å². The van der Waals surface area contributed by atoms with Crippen molar-refractivity contribution in [2.75, 3.05) is 0 Å². The zero-order valence-corrected chi connectivity index (χ0v) is 14.4. The molecule has 2 heterocycles. The summed E-state index contributed by atoms with van der Waals surface area (Å²) in [5, 5.41) is 13.9. The lowest BCUT2D eigenvalue weighted by atomic mass is 9.96. The maximum absolute atomic E-state index is 9.29. The summed E-state index contributed by atoms with van der Waals surface area (Å²) >= 11 is 1.43. The fourth-order valence-corrected chi connectivity index (χ4v) is 2.85. The molecular formula is C15H19N5OS. The zero-order valence-electron chi connectivity index (χ0n) is 13.6. The number of thioether (sulfide) groups is 1. The van der Waals surface area contributed by atoms with Crippen LogP contribution in [0.3, 0.4) is 0 Å². The Balaban J connectivity index is 2.28. The number of hydrogen-bond donors (Lipinski definition) is 0. The van der Waals surface area contributed by atoms with Gasteiger partial charge in [-0.2, -0.15) is 10.2 Å². The molecule has 0 aliphatic heterocycles. The van der Waals surface area contributed by atoms with Gasteiger partial charge in [-0.1, -0.05) is 37.7 Å². The van der Waals surface area contributed by atoms with Crippen molar-refractivity contribution >= 4 is 11.8 Å². The van der Waals surface area contributed by atoms with Crippen molar-refractivity contribution in [1.82, 2.24) is 20.1 Å². The first kappa shape index (κ1) is 16.4. The molecule has 22 heavy (non-hydrogen) atoms. The molecule has 2 aromatic heterocycles. The molecule has 6 nitrogen and oxygen atoms in total. The second kappa shape index (κ2) is 6.05. The smallest absolute Gasteiger partial charge is 0.239 e. The predicted molar refractivity (Wildman–Crippen MR) is 83.5 cm³/mol. The summed E-state index contributed by atoms with van der Waals surface area (Å²) in [6.07, 6.45) is 0. The highest BCUT2D eigenvalue weighted by molar-refractivity contribution is 7.99. The number of rotatable bonds is 3. The van der Waals surface area contributed by atoms with Gasteiger partial charge in [-0.3, -0.25) is 0 Å². The molecule has 0 saturated carbocycles. The van der Waals surface area contributed by atoms with Crippen molar-refractivity contribution in [3.63, 3.8) is 0 Å². The fraction of sp³-hybridized carbons (Fsp3) is 0.533. The van der Waals surface area contributed by atoms with E-state index in [9.17, 15) is 5.26 Å². The summed E-state index contributed by atoms with van der Waals surface area (Å²) in [6, 6.07) is 2.16. The van der Waals surface area contributed by atoms with Crippen LogP contribution in [0.15, 0.2) is 9.55 Å². The maximum Gasteiger partial charge on any atom is 0.239 e. The Labute approximate surface area is 134 Å². The van der Waals surface area contributed by atoms with Gasteiger partial charge >= 0.3 is 0 Å². The molecule has 2 rings (SSSR count). The molecule has 116 valence electrons. The number of aromatic nitrogens is 4. The van der Waals surface area contributed by atoms with Crippen molar-refractivity contribution in [2.24, 2.45) is 0 Å². The van der Waals surface area contributed by atoms with Crippen molar-refractivity contribution in [3.8, 4) is 6.07 Å². The molecule has 0 aliphatic rings. The third kappa shape index (κ3) is 3.45. The van der Waals surface area contributed by atoms with E-state index in [2.05, 4.69) is 26.2 Å². The van der Waals surface area contributed by atoms with E-state index in [1.807, 2.05) is 41.5 Å². The van der Waals surface area contributed by atoms with E-state index in [1.54, 1.807) is 0 Å². The molecule has 0 bridgehead atoms. The van der Waals surface area contributed by atoms with Crippen LogP contribution in [0.25, 0.3) is 0 Å². The van der Waals surface area contributed by atoms with Gasteiger partial charge in [-0.05, 0) is 20.8 Å². The molecule has 7 heteroatoms. The first-order valence-electron chi connectivity index (χ1n) is 6.98. The second-order valence-corrected chi connectivity index (χ2v) is 7.44. The standard InChI is InChI=1S/C15H19N5OS/c1-8-11(7-16)13(18-10(3)17-8)22-9(2)12-19-14(20-21-12)15(4,5)6/h9H,1-6H3. The Kier molecular flexibility index (Phi) is 4.52. The molecule has 0 aromatic carbocycles. The topological polar surface area (TPSA) is 88.5 Å². The highest BCUT2D eigenvalue weighted by atomic mass is 32.2. The molecule has 0 radical (unpaired) electrons. The lowest BCUT2D eigenvalue weighted by Crippen LogP contribution is -2.13. The van der Waals surface area contributed by atoms with Gasteiger partial charge < -0.3 is 4.52 Å². The molecular weight excluding hydrogens is 298 g/mol. The average Bonchev–Trinajstić information content (AvgIpc) is 2.87. The van der Waals surface area contributed by atoms with Gasteiger partial charge in [-0.25, -0.2) is 9.97 Å². The first-order valence-corrected chi connectivity index (χ1v) is 7.86. The Morgan fingerprint density at radius 2 is 1.86 bits per heavy atom. The summed E-state index contributed by atoms with van der Waals surface area (Å²) < 4.78 is 5.35. The van der Waals surface area contributed by atoms with Gasteiger partial charge in [0.1, 0.15) is 22.5 Å². The number of hydrogen-bond acceptors (Lipinski definition) is 7. The Bertz CT molecular complexity index is 727. The SMILES string of the molecule is Cc1nc(C)c(C#N)c(SC(C)c2nc(C(C)(C)C)no2)n1. The summed E-state index contributed by atoms with van der Waals surface area (Å²) in [7, 11) is 0. The number of aryl methyl sites for hydroxylation is 2. The van der Waals surface area contributed by atoms with Crippen molar-refractivity contribution in [3.05, 3.63) is 28.8 Å². The van der Waals surface area contributed by atoms with Gasteiger partial charge in [0.05, 0.1) is 10.9 Å². The van der Waals surface area contributed by atoms with E-state index >= 15 is 0 Å². The van der Waals surface area contributed by atoms with Crippen LogP contribution in [0, 0.1) is 25.2 Å². The first-order chi connectivity index (χ1) is 10.2. The van der Waals surface area contributed by atoms with Crippen LogP contribution < -0.4 is 0 Å². The van der Waals surface area contributed by atoms with Crippen molar-refractivity contribution in [1.29, 1.82) is 5.26 Å². The number of nitrogens with zero attached hydrogens (tertiary/aromatic N) is 5. The fourth-order valence-electron chi connectivity index (χ4n) is 1.82. The molecule has 0 saturated heterocycles. The summed E-state index contributed by atoms with van der Waals surface area (Å²) in [5.74, 6) is 1.85. The monoisotopic (exact) mass is 317 g/mol. The third-order valence-electron chi connectivity index (χ3n) is 3.03. The second-order valence-electron chi connectivity index (χ2n) is 6.11. The van der Waals surface area contributed by atoms with Gasteiger partial charge in [0.2, 0.25) is 5.89 Å². The van der Waals surface area contributed by atoms with Gasteiger partial charge in [0.15, 0.2) is 5.82 Å². The molecule has 0 N–H and O–H groups in total. The van der Waals surface area contributed by atoms with Crippen LogP contribution in [-0.4, -0.2) is 20.1 Å². The van der Waals surface area contributed by atoms with Crippen LogP contribution in [0.4, 0.5) is 0 Å². The van der Waals surface area contributed by atoms with Crippen LogP contribution in [0.2, 0.25) is 0 Å². The predicted octanol–water partition coefficient (Wildman–Crippen LogP) is 3.50. The normalized spacial score (nSPS) is 13.0. The maximum atomic E-state index is 9.29. The minimum atomic E-state index is -0.161. The summed E-state index contributed by atoms with van der Waals surface area (Å²) in [5.41, 5.74) is 1.02. The van der Waals surface area contributed by atoms with Gasteiger partial charge in [0, 0.05) is 5.41 Å². The van der Waals surface area contributed by atoms with E-state index < -0.39 is 0 Å². The van der Waals surface area contributed by atoms with Crippen molar-refractivity contribution < 1.29 is 4.52 Å². The van der Waals surface area contributed by atoms with Crippen LogP contribution in [0.5, 0.6) is 0 Å². The largest absolute Gasteiger partial charge is 0.338 e. The van der Waals surface area contributed by atoms with Gasteiger partial charge in [-0.15, -0.1) is 0 Å². The molecule has 0 fully saturated rings. The van der Waals surface area contributed by atoms with Crippen LogP contribution in [0.1, 0.15) is 61.7 Å². The van der Waals surface area contributed by atoms with Crippen molar-refractivity contribution in [2.45, 2.75) is 57.2 Å². The van der Waals surface area contributed by atoms with E-state index in [4.69, 9.17) is 4.52 Å². The lowest BCUT2D eigenvalue weighted by Gasteiger charge is -2.11. The molecule has 0 amide bonds. The molecule has 1 atom stereocenters. The highest BCUT2D eigenvalue weighted by Crippen LogP contribution is 2.35. The molecule has 2 aromatic rings. The zero-order chi connectivity index (χ0) is 16.5. The lowest BCUT2D eigenvalue weighted by molar-refractivity contribution is 0.364. The number of nitriles is 1. The molecule has 0 aliphatic carbocycles. The van der Waals surface area contributed by atoms with Crippen LogP contribution >= 0.6 is 11.8 Å². The van der Waals surface area contributed by atoms with Crippen LogP contribution in [-0.2, 0) is 5.41 Å². The van der Waals surface area contributed by atoms with E-state index in [-0.39, 0.29) is 10.7 Å². The Morgan fingerprint density at radius 3 is 2.41 bits per heavy atom. The molecule has 0 spiro atoms. The Hall–Kier alpha value is -1.94. The molecule has 1 unspecified atom stereocenters.